The first-order chi connectivity index (χ1) is 9.28. The van der Waals surface area contributed by atoms with E-state index in [-0.39, 0.29) is 4.90 Å². The van der Waals surface area contributed by atoms with Crippen LogP contribution in [0.2, 0.25) is 0 Å². The van der Waals surface area contributed by atoms with Crippen LogP contribution in [0.5, 0.6) is 0 Å². The Hall–Kier alpha value is -1.40. The zero-order valence-corrected chi connectivity index (χ0v) is 12.9. The van der Waals surface area contributed by atoms with Crippen molar-refractivity contribution < 1.29 is 18.3 Å². The number of aryl methyl sites for hydroxylation is 1. The van der Waals surface area contributed by atoms with Gasteiger partial charge in [0.2, 0.25) is 10.0 Å². The fourth-order valence-corrected chi connectivity index (χ4v) is 3.52. The molecule has 0 saturated heterocycles. The van der Waals surface area contributed by atoms with Crippen molar-refractivity contribution in [2.75, 3.05) is 6.54 Å². The first-order valence-electron chi connectivity index (χ1n) is 6.61. The molecular weight excluding hydrogens is 278 g/mol. The lowest BCUT2D eigenvalue weighted by Gasteiger charge is -2.24. The van der Waals surface area contributed by atoms with Crippen LogP contribution >= 0.6 is 0 Å². The van der Waals surface area contributed by atoms with Crippen LogP contribution in [0.25, 0.3) is 0 Å². The van der Waals surface area contributed by atoms with Crippen LogP contribution in [-0.4, -0.2) is 36.4 Å². The maximum Gasteiger partial charge on any atom is 0.318 e. The molecule has 0 atom stereocenters. The van der Waals surface area contributed by atoms with Gasteiger partial charge in [-0.15, -0.1) is 0 Å². The summed E-state index contributed by atoms with van der Waals surface area (Å²) in [6.07, 6.45) is 1.88. The predicted octanol–water partition coefficient (Wildman–Crippen LogP) is 2.12. The molecule has 0 radical (unpaired) electrons. The second-order valence-electron chi connectivity index (χ2n) is 4.93. The molecule has 0 heterocycles. The molecule has 0 saturated carbocycles. The molecule has 1 N–H and O–H groups in total. The number of sulfonamides is 1. The molecule has 0 aliphatic heterocycles. The molecular formula is C14H21NO4S. The number of nitrogens with zero attached hydrogens (tertiary/aromatic N) is 1. The van der Waals surface area contributed by atoms with Crippen molar-refractivity contribution in [1.82, 2.24) is 4.31 Å². The monoisotopic (exact) mass is 299 g/mol. The van der Waals surface area contributed by atoms with E-state index < -0.39 is 28.6 Å². The SMILES string of the molecule is CCCc1ccc(S(=O)(=O)N(CC(=O)O)C(C)C)cc1. The number of hydrogen-bond acceptors (Lipinski definition) is 3. The Bertz CT molecular complexity index is 549. The van der Waals surface area contributed by atoms with Gasteiger partial charge in [0.15, 0.2) is 0 Å². The van der Waals surface area contributed by atoms with E-state index >= 15 is 0 Å². The molecule has 0 unspecified atom stereocenters. The lowest BCUT2D eigenvalue weighted by Crippen LogP contribution is -2.40. The first kappa shape index (κ1) is 16.7. The van der Waals surface area contributed by atoms with E-state index in [9.17, 15) is 13.2 Å². The summed E-state index contributed by atoms with van der Waals surface area (Å²) in [5, 5.41) is 8.85. The molecule has 20 heavy (non-hydrogen) atoms. The Morgan fingerprint density at radius 3 is 2.20 bits per heavy atom. The van der Waals surface area contributed by atoms with Crippen LogP contribution < -0.4 is 0 Å². The molecule has 0 fully saturated rings. The molecule has 0 aliphatic rings. The summed E-state index contributed by atoms with van der Waals surface area (Å²) < 4.78 is 25.9. The third kappa shape index (κ3) is 4.05. The van der Waals surface area contributed by atoms with Crippen molar-refractivity contribution in [2.45, 2.75) is 44.6 Å². The van der Waals surface area contributed by atoms with E-state index in [4.69, 9.17) is 5.11 Å². The third-order valence-electron chi connectivity index (χ3n) is 2.94. The van der Waals surface area contributed by atoms with Gasteiger partial charge < -0.3 is 5.11 Å². The lowest BCUT2D eigenvalue weighted by atomic mass is 10.1. The van der Waals surface area contributed by atoms with E-state index in [1.165, 1.54) is 12.1 Å². The van der Waals surface area contributed by atoms with Gasteiger partial charge in [0.25, 0.3) is 0 Å². The van der Waals surface area contributed by atoms with Crippen molar-refractivity contribution >= 4 is 16.0 Å². The van der Waals surface area contributed by atoms with Gasteiger partial charge in [-0.1, -0.05) is 25.5 Å². The predicted molar refractivity (Wildman–Crippen MR) is 77.1 cm³/mol. The zero-order valence-electron chi connectivity index (χ0n) is 12.0. The van der Waals surface area contributed by atoms with Crippen LogP contribution in [0.15, 0.2) is 29.2 Å². The Balaban J connectivity index is 3.09. The normalized spacial score (nSPS) is 12.1. The van der Waals surface area contributed by atoms with Gasteiger partial charge in [-0.05, 0) is 38.0 Å². The lowest BCUT2D eigenvalue weighted by molar-refractivity contribution is -0.137. The standard InChI is InChI=1S/C14H21NO4S/c1-4-5-12-6-8-13(9-7-12)20(18,19)15(11(2)3)10-14(16)17/h6-9,11H,4-5,10H2,1-3H3,(H,16,17). The molecule has 0 spiro atoms. The van der Waals surface area contributed by atoms with Crippen LogP contribution in [0, 0.1) is 0 Å². The molecule has 0 bridgehead atoms. The third-order valence-corrected chi connectivity index (χ3v) is 4.97. The summed E-state index contributed by atoms with van der Waals surface area (Å²) in [7, 11) is -3.77. The number of benzene rings is 1. The number of carbonyl (C=O) groups is 1. The minimum atomic E-state index is -3.77. The summed E-state index contributed by atoms with van der Waals surface area (Å²) >= 11 is 0. The van der Waals surface area contributed by atoms with Gasteiger partial charge in [-0.25, -0.2) is 8.42 Å². The second kappa shape index (κ2) is 6.85. The van der Waals surface area contributed by atoms with E-state index in [1.807, 2.05) is 0 Å². The fraction of sp³-hybridized carbons (Fsp3) is 0.500. The zero-order chi connectivity index (χ0) is 15.3. The summed E-state index contributed by atoms with van der Waals surface area (Å²) in [6.45, 7) is 4.84. The van der Waals surface area contributed by atoms with E-state index in [1.54, 1.807) is 26.0 Å². The number of aliphatic carboxylic acids is 1. The van der Waals surface area contributed by atoms with Crippen LogP contribution in [0.4, 0.5) is 0 Å². The van der Waals surface area contributed by atoms with Crippen molar-refractivity contribution in [1.29, 1.82) is 0 Å². The Kier molecular flexibility index (Phi) is 5.71. The van der Waals surface area contributed by atoms with Crippen molar-refractivity contribution in [3.8, 4) is 0 Å². The van der Waals surface area contributed by atoms with E-state index in [0.29, 0.717) is 0 Å². The van der Waals surface area contributed by atoms with Gasteiger partial charge in [0.1, 0.15) is 6.54 Å². The van der Waals surface area contributed by atoms with Gasteiger partial charge in [0.05, 0.1) is 4.90 Å². The molecule has 0 amide bonds. The van der Waals surface area contributed by atoms with Crippen molar-refractivity contribution in [2.24, 2.45) is 0 Å². The second-order valence-corrected chi connectivity index (χ2v) is 6.82. The molecule has 0 aliphatic carbocycles. The molecule has 0 aromatic heterocycles. The van der Waals surface area contributed by atoms with Gasteiger partial charge in [-0.3, -0.25) is 4.79 Å². The number of carboxylic acid groups (broad SMARTS) is 1. The minimum absolute atomic E-state index is 0.132. The number of hydrogen-bond donors (Lipinski definition) is 1. The van der Waals surface area contributed by atoms with Crippen molar-refractivity contribution in [3.63, 3.8) is 0 Å². The molecule has 112 valence electrons. The Morgan fingerprint density at radius 2 is 1.80 bits per heavy atom. The highest BCUT2D eigenvalue weighted by Gasteiger charge is 2.28. The number of rotatable bonds is 7. The highest BCUT2D eigenvalue weighted by molar-refractivity contribution is 7.89. The van der Waals surface area contributed by atoms with Crippen molar-refractivity contribution in [3.05, 3.63) is 29.8 Å². The average Bonchev–Trinajstić information content (AvgIpc) is 2.36. The molecule has 1 rings (SSSR count). The smallest absolute Gasteiger partial charge is 0.318 e. The summed E-state index contributed by atoms with van der Waals surface area (Å²) in [5.41, 5.74) is 1.07. The molecule has 5 nitrogen and oxygen atoms in total. The quantitative estimate of drug-likeness (QED) is 0.837. The summed E-state index contributed by atoms with van der Waals surface area (Å²) in [5.74, 6) is -1.16. The van der Waals surface area contributed by atoms with Crippen LogP contribution in [0.1, 0.15) is 32.8 Å². The Morgan fingerprint density at radius 1 is 1.25 bits per heavy atom. The largest absolute Gasteiger partial charge is 0.480 e. The minimum Gasteiger partial charge on any atom is -0.480 e. The van der Waals surface area contributed by atoms with E-state index in [2.05, 4.69) is 6.92 Å². The molecule has 6 heteroatoms. The Labute approximate surface area is 120 Å². The molecule has 1 aromatic carbocycles. The van der Waals surface area contributed by atoms with Gasteiger partial charge in [0, 0.05) is 6.04 Å². The van der Waals surface area contributed by atoms with Gasteiger partial charge >= 0.3 is 5.97 Å². The average molecular weight is 299 g/mol. The van der Waals surface area contributed by atoms with Crippen LogP contribution in [0.3, 0.4) is 0 Å². The summed E-state index contributed by atoms with van der Waals surface area (Å²) in [4.78, 5) is 11.0. The molecule has 1 aromatic rings. The highest BCUT2D eigenvalue weighted by atomic mass is 32.2. The summed E-state index contributed by atoms with van der Waals surface area (Å²) in [6, 6.07) is 6.21. The van der Waals surface area contributed by atoms with Crippen LogP contribution in [-0.2, 0) is 21.2 Å². The fourth-order valence-electron chi connectivity index (χ4n) is 1.93. The highest BCUT2D eigenvalue weighted by Crippen LogP contribution is 2.19. The maximum absolute atomic E-state index is 12.4. The van der Waals surface area contributed by atoms with Gasteiger partial charge in [-0.2, -0.15) is 4.31 Å². The topological polar surface area (TPSA) is 74.7 Å². The first-order valence-corrected chi connectivity index (χ1v) is 8.05. The van der Waals surface area contributed by atoms with E-state index in [0.717, 1.165) is 22.7 Å². The maximum atomic E-state index is 12.4. The number of carboxylic acids is 1.